The highest BCUT2D eigenvalue weighted by atomic mass is 16.1. The Morgan fingerprint density at radius 2 is 2.17 bits per heavy atom. The van der Waals surface area contributed by atoms with Crippen LogP contribution >= 0.6 is 0 Å². The van der Waals surface area contributed by atoms with Crippen molar-refractivity contribution >= 4 is 5.91 Å². The Morgan fingerprint density at radius 1 is 1.35 bits per heavy atom. The minimum atomic E-state index is -0.270. The van der Waals surface area contributed by atoms with Gasteiger partial charge in [0.05, 0.1) is 23.9 Å². The third-order valence-corrected chi connectivity index (χ3v) is 3.75. The number of nitriles is 1. The summed E-state index contributed by atoms with van der Waals surface area (Å²) >= 11 is 0. The molecule has 6 nitrogen and oxygen atoms in total. The maximum Gasteiger partial charge on any atom is 0.266 e. The van der Waals surface area contributed by atoms with Gasteiger partial charge in [-0.1, -0.05) is 6.07 Å². The molecule has 2 aromatic rings. The largest absolute Gasteiger partial charge is 0.350 e. The van der Waals surface area contributed by atoms with Gasteiger partial charge >= 0.3 is 0 Å². The topological polar surface area (TPSA) is 87.8 Å². The zero-order valence-electron chi connectivity index (χ0n) is 12.5. The first-order chi connectivity index (χ1) is 11.2. The van der Waals surface area contributed by atoms with E-state index in [4.69, 9.17) is 5.26 Å². The van der Waals surface area contributed by atoms with Gasteiger partial charge in [-0.05, 0) is 37.1 Å². The van der Waals surface area contributed by atoms with E-state index < -0.39 is 0 Å². The van der Waals surface area contributed by atoms with E-state index in [9.17, 15) is 9.59 Å². The molecule has 0 atom stereocenters. The summed E-state index contributed by atoms with van der Waals surface area (Å²) in [6, 6.07) is 11.8. The Morgan fingerprint density at radius 3 is 2.91 bits per heavy atom. The normalized spacial score (nSPS) is 13.3. The van der Waals surface area contributed by atoms with Crippen molar-refractivity contribution in [3.05, 3.63) is 63.6 Å². The first-order valence-corrected chi connectivity index (χ1v) is 7.54. The zero-order valence-corrected chi connectivity index (χ0v) is 12.5. The van der Waals surface area contributed by atoms with Crippen LogP contribution in [-0.4, -0.2) is 22.2 Å². The van der Waals surface area contributed by atoms with Crippen molar-refractivity contribution in [3.8, 4) is 6.07 Å². The van der Waals surface area contributed by atoms with E-state index in [1.54, 1.807) is 24.3 Å². The molecule has 0 aliphatic heterocycles. The number of hydrogen-bond donors (Lipinski definition) is 1. The van der Waals surface area contributed by atoms with Crippen LogP contribution in [0.25, 0.3) is 0 Å². The number of nitrogens with one attached hydrogen (secondary N) is 1. The monoisotopic (exact) mass is 308 g/mol. The molecule has 6 heteroatoms. The average Bonchev–Trinajstić information content (AvgIpc) is 3.41. The quantitative estimate of drug-likeness (QED) is 0.905. The highest BCUT2D eigenvalue weighted by Gasteiger charge is 2.25. The number of aromatic nitrogens is 2. The van der Waals surface area contributed by atoms with E-state index >= 15 is 0 Å². The van der Waals surface area contributed by atoms with Crippen LogP contribution in [0, 0.1) is 11.3 Å². The summed E-state index contributed by atoms with van der Waals surface area (Å²) in [6.45, 7) is 0.625. The molecule has 0 unspecified atom stereocenters. The van der Waals surface area contributed by atoms with E-state index in [-0.39, 0.29) is 11.5 Å². The van der Waals surface area contributed by atoms with Crippen LogP contribution in [0.15, 0.2) is 41.2 Å². The van der Waals surface area contributed by atoms with Gasteiger partial charge in [0.1, 0.15) is 0 Å². The molecule has 0 saturated heterocycles. The third-order valence-electron chi connectivity index (χ3n) is 3.75. The summed E-state index contributed by atoms with van der Waals surface area (Å²) in [6.07, 6.45) is 2.24. The smallest absolute Gasteiger partial charge is 0.266 e. The standard InChI is InChI=1S/C17H16N4O2/c18-11-12-2-1-3-14(10-12)17(23)19-8-9-21-16(22)7-6-15(20-21)13-4-5-13/h1-3,6-7,10,13H,4-5,8-9H2,(H,19,23). The Hall–Kier alpha value is -2.94. The summed E-state index contributed by atoms with van der Waals surface area (Å²) in [5.41, 5.74) is 1.64. The fraction of sp³-hybridized carbons (Fsp3) is 0.294. The second-order valence-electron chi connectivity index (χ2n) is 5.54. The lowest BCUT2D eigenvalue weighted by Crippen LogP contribution is -2.32. The van der Waals surface area contributed by atoms with Crippen LogP contribution in [0.3, 0.4) is 0 Å². The van der Waals surface area contributed by atoms with Crippen LogP contribution in [0.5, 0.6) is 0 Å². The Kier molecular flexibility index (Phi) is 4.20. The molecule has 23 heavy (non-hydrogen) atoms. The van der Waals surface area contributed by atoms with Gasteiger partial charge in [0, 0.05) is 24.1 Å². The Labute approximate surface area is 133 Å². The van der Waals surface area contributed by atoms with Crippen molar-refractivity contribution in [2.24, 2.45) is 0 Å². The number of amides is 1. The molecule has 1 aromatic heterocycles. The summed E-state index contributed by atoms with van der Waals surface area (Å²) in [5.74, 6) is 0.207. The van der Waals surface area contributed by atoms with Gasteiger partial charge in [0.15, 0.2) is 0 Å². The lowest BCUT2D eigenvalue weighted by molar-refractivity contribution is 0.0951. The maximum absolute atomic E-state index is 12.0. The molecule has 1 heterocycles. The molecular weight excluding hydrogens is 292 g/mol. The molecule has 1 fully saturated rings. The fourth-order valence-electron chi connectivity index (χ4n) is 2.33. The third kappa shape index (κ3) is 3.64. The number of nitrogens with zero attached hydrogens (tertiary/aromatic N) is 3. The van der Waals surface area contributed by atoms with Crippen LogP contribution in [0.4, 0.5) is 0 Å². The summed E-state index contributed by atoms with van der Waals surface area (Å²) in [5, 5.41) is 15.9. The number of rotatable bonds is 5. The number of carbonyl (C=O) groups excluding carboxylic acids is 1. The number of benzene rings is 1. The lowest BCUT2D eigenvalue weighted by atomic mass is 10.1. The molecule has 0 spiro atoms. The van der Waals surface area contributed by atoms with Gasteiger partial charge < -0.3 is 5.32 Å². The molecule has 1 N–H and O–H groups in total. The van der Waals surface area contributed by atoms with Crippen molar-refractivity contribution in [2.45, 2.75) is 25.3 Å². The average molecular weight is 308 g/mol. The second kappa shape index (κ2) is 6.44. The van der Waals surface area contributed by atoms with Crippen molar-refractivity contribution in [1.82, 2.24) is 15.1 Å². The predicted molar refractivity (Wildman–Crippen MR) is 84.0 cm³/mol. The van der Waals surface area contributed by atoms with E-state index in [1.165, 1.54) is 16.8 Å². The summed E-state index contributed by atoms with van der Waals surface area (Å²) < 4.78 is 1.39. The van der Waals surface area contributed by atoms with Gasteiger partial charge in [-0.25, -0.2) is 4.68 Å². The van der Waals surface area contributed by atoms with Gasteiger partial charge in [-0.3, -0.25) is 9.59 Å². The van der Waals surface area contributed by atoms with E-state index in [0.717, 1.165) is 18.5 Å². The molecule has 1 amide bonds. The highest BCUT2D eigenvalue weighted by molar-refractivity contribution is 5.94. The molecule has 1 saturated carbocycles. The van der Waals surface area contributed by atoms with Crippen molar-refractivity contribution in [2.75, 3.05) is 6.54 Å². The molecule has 1 aliphatic carbocycles. The minimum Gasteiger partial charge on any atom is -0.350 e. The number of hydrogen-bond acceptors (Lipinski definition) is 4. The maximum atomic E-state index is 12.0. The van der Waals surface area contributed by atoms with Gasteiger partial charge in [0.25, 0.3) is 11.5 Å². The lowest BCUT2D eigenvalue weighted by Gasteiger charge is -2.08. The van der Waals surface area contributed by atoms with E-state index in [0.29, 0.717) is 30.1 Å². The van der Waals surface area contributed by atoms with Crippen molar-refractivity contribution in [3.63, 3.8) is 0 Å². The molecule has 3 rings (SSSR count). The molecule has 0 radical (unpaired) electrons. The molecule has 0 bridgehead atoms. The second-order valence-corrected chi connectivity index (χ2v) is 5.54. The molecule has 116 valence electrons. The zero-order chi connectivity index (χ0) is 16.2. The first kappa shape index (κ1) is 15.0. The van der Waals surface area contributed by atoms with Gasteiger partial charge in [-0.2, -0.15) is 10.4 Å². The molecule has 1 aromatic carbocycles. The first-order valence-electron chi connectivity index (χ1n) is 7.54. The van der Waals surface area contributed by atoms with Crippen LogP contribution < -0.4 is 10.9 Å². The van der Waals surface area contributed by atoms with Crippen LogP contribution in [0.2, 0.25) is 0 Å². The minimum absolute atomic E-state index is 0.171. The van der Waals surface area contributed by atoms with E-state index in [1.807, 2.05) is 6.07 Å². The molecule has 1 aliphatic rings. The SMILES string of the molecule is N#Cc1cccc(C(=O)NCCn2nc(C3CC3)ccc2=O)c1. The van der Waals surface area contributed by atoms with Crippen molar-refractivity contribution in [1.29, 1.82) is 5.26 Å². The Bertz CT molecular complexity index is 831. The summed E-state index contributed by atoms with van der Waals surface area (Å²) in [4.78, 5) is 23.8. The Balaban J connectivity index is 1.61. The predicted octanol–water partition coefficient (Wildman–Crippen LogP) is 1.42. The highest BCUT2D eigenvalue weighted by Crippen LogP contribution is 2.38. The van der Waals surface area contributed by atoms with E-state index in [2.05, 4.69) is 10.4 Å². The van der Waals surface area contributed by atoms with Crippen LogP contribution in [0.1, 0.15) is 40.4 Å². The molecular formula is C17H16N4O2. The van der Waals surface area contributed by atoms with Crippen LogP contribution in [-0.2, 0) is 6.54 Å². The fourth-order valence-corrected chi connectivity index (χ4v) is 2.33. The van der Waals surface area contributed by atoms with Crippen molar-refractivity contribution < 1.29 is 4.79 Å². The number of carbonyl (C=O) groups is 1. The van der Waals surface area contributed by atoms with Gasteiger partial charge in [-0.15, -0.1) is 0 Å². The summed E-state index contributed by atoms with van der Waals surface area (Å²) in [7, 11) is 0. The van der Waals surface area contributed by atoms with Gasteiger partial charge in [0.2, 0.25) is 0 Å².